The summed E-state index contributed by atoms with van der Waals surface area (Å²) in [5, 5.41) is 5.31. The Hall–Kier alpha value is -1.56. The van der Waals surface area contributed by atoms with Crippen molar-refractivity contribution in [2.75, 3.05) is 17.7 Å². The van der Waals surface area contributed by atoms with Crippen LogP contribution < -0.4 is 10.6 Å². The van der Waals surface area contributed by atoms with Crippen molar-refractivity contribution >= 4 is 39.3 Å². The number of benzene rings is 1. The molecule has 1 unspecified atom stereocenters. The van der Waals surface area contributed by atoms with Gasteiger partial charge in [-0.2, -0.15) is 0 Å². The Balaban J connectivity index is 2.72. The van der Waals surface area contributed by atoms with Crippen LogP contribution in [0.25, 0.3) is 0 Å². The van der Waals surface area contributed by atoms with Gasteiger partial charge in [0.2, 0.25) is 5.91 Å². The minimum Gasteiger partial charge on any atom is -0.453 e. The third kappa shape index (κ3) is 4.90. The van der Waals surface area contributed by atoms with E-state index in [1.165, 1.54) is 7.11 Å². The topological polar surface area (TPSA) is 67.4 Å². The maximum atomic E-state index is 11.9. The van der Waals surface area contributed by atoms with Gasteiger partial charge in [-0.15, -0.1) is 0 Å². The zero-order chi connectivity index (χ0) is 14.4. The average Bonchev–Trinajstić information content (AvgIpc) is 2.37. The van der Waals surface area contributed by atoms with Gasteiger partial charge in [0, 0.05) is 11.4 Å². The molecule has 6 heteroatoms. The molecule has 19 heavy (non-hydrogen) atoms. The van der Waals surface area contributed by atoms with E-state index in [0.717, 1.165) is 0 Å². The van der Waals surface area contributed by atoms with Crippen LogP contribution >= 0.6 is 15.9 Å². The Morgan fingerprint density at radius 1 is 1.21 bits per heavy atom. The number of halogens is 1. The van der Waals surface area contributed by atoms with Gasteiger partial charge in [0.25, 0.3) is 0 Å². The minimum absolute atomic E-state index is 0.120. The summed E-state index contributed by atoms with van der Waals surface area (Å²) in [6, 6.07) is 6.86. The lowest BCUT2D eigenvalue weighted by molar-refractivity contribution is -0.116. The summed E-state index contributed by atoms with van der Waals surface area (Å²) in [6.07, 6.45) is -0.552. The van der Waals surface area contributed by atoms with E-state index < -0.39 is 6.09 Å². The fraction of sp³-hybridized carbons (Fsp3) is 0.385. The zero-order valence-electron chi connectivity index (χ0n) is 11.1. The molecule has 0 aliphatic rings. The number of nitrogens with one attached hydrogen (secondary N) is 2. The molecule has 104 valence electrons. The minimum atomic E-state index is -0.552. The van der Waals surface area contributed by atoms with Crippen LogP contribution in [0.5, 0.6) is 0 Å². The molecule has 1 rings (SSSR count). The molecular formula is C13H17BrN2O3. The number of anilines is 2. The van der Waals surface area contributed by atoms with Gasteiger partial charge in [-0.05, 0) is 24.1 Å². The monoisotopic (exact) mass is 328 g/mol. The fourth-order valence-corrected chi connectivity index (χ4v) is 1.47. The molecule has 0 saturated heterocycles. The highest BCUT2D eigenvalue weighted by Crippen LogP contribution is 2.18. The molecule has 1 aromatic carbocycles. The molecule has 1 atom stereocenters. The summed E-state index contributed by atoms with van der Waals surface area (Å²) in [5.41, 5.74) is 1.17. The summed E-state index contributed by atoms with van der Waals surface area (Å²) in [5.74, 6) is 0.0709. The van der Waals surface area contributed by atoms with Crippen molar-refractivity contribution in [1.82, 2.24) is 0 Å². The van der Waals surface area contributed by atoms with Crippen LogP contribution in [0.4, 0.5) is 16.2 Å². The number of amides is 2. The molecule has 0 heterocycles. The summed E-state index contributed by atoms with van der Waals surface area (Å²) in [7, 11) is 1.29. The molecule has 5 nitrogen and oxygen atoms in total. The first-order chi connectivity index (χ1) is 8.93. The van der Waals surface area contributed by atoms with Crippen molar-refractivity contribution in [2.24, 2.45) is 5.92 Å². The highest BCUT2D eigenvalue weighted by Gasteiger charge is 2.18. The van der Waals surface area contributed by atoms with Crippen molar-refractivity contribution in [2.45, 2.75) is 18.7 Å². The van der Waals surface area contributed by atoms with Crippen molar-refractivity contribution in [3.05, 3.63) is 24.3 Å². The van der Waals surface area contributed by atoms with Crippen LogP contribution in [0.2, 0.25) is 0 Å². The number of ether oxygens (including phenoxy) is 1. The quantitative estimate of drug-likeness (QED) is 0.834. The molecule has 0 saturated carbocycles. The molecule has 0 radical (unpaired) electrons. The van der Waals surface area contributed by atoms with Crippen molar-refractivity contribution in [3.8, 4) is 0 Å². The summed E-state index contributed by atoms with van der Waals surface area (Å²) < 4.78 is 4.50. The first-order valence-corrected chi connectivity index (χ1v) is 6.75. The van der Waals surface area contributed by atoms with E-state index in [9.17, 15) is 9.59 Å². The van der Waals surface area contributed by atoms with E-state index in [1.54, 1.807) is 24.3 Å². The van der Waals surface area contributed by atoms with Gasteiger partial charge < -0.3 is 10.1 Å². The lowest BCUT2D eigenvalue weighted by atomic mass is 10.1. The predicted octanol–water partition coefficient (Wildman–Crippen LogP) is 3.22. The summed E-state index contributed by atoms with van der Waals surface area (Å²) in [4.78, 5) is 22.7. The normalized spacial score (nSPS) is 11.8. The molecule has 0 aromatic heterocycles. The Labute approximate surface area is 120 Å². The molecule has 0 aliphatic heterocycles. The highest BCUT2D eigenvalue weighted by atomic mass is 79.9. The second kappa shape index (κ2) is 7.13. The Morgan fingerprint density at radius 2 is 1.79 bits per heavy atom. The average molecular weight is 329 g/mol. The molecule has 0 aliphatic carbocycles. The fourth-order valence-electron chi connectivity index (χ4n) is 1.36. The maximum Gasteiger partial charge on any atom is 0.411 e. The lowest BCUT2D eigenvalue weighted by Gasteiger charge is -2.14. The number of carbonyl (C=O) groups is 2. The van der Waals surface area contributed by atoms with Crippen LogP contribution in [0, 0.1) is 5.92 Å². The second-order valence-electron chi connectivity index (χ2n) is 4.33. The van der Waals surface area contributed by atoms with Gasteiger partial charge in [-0.25, -0.2) is 4.79 Å². The third-order valence-corrected chi connectivity index (χ3v) is 3.87. The van der Waals surface area contributed by atoms with Crippen LogP contribution in [0.3, 0.4) is 0 Å². The predicted molar refractivity (Wildman–Crippen MR) is 78.7 cm³/mol. The summed E-state index contributed by atoms with van der Waals surface area (Å²) in [6.45, 7) is 3.91. The SMILES string of the molecule is COC(=O)Nc1cccc(NC(=O)C(Br)C(C)C)c1. The number of carbonyl (C=O) groups excluding carboxylic acids is 2. The van der Waals surface area contributed by atoms with Crippen LogP contribution in [0.15, 0.2) is 24.3 Å². The number of hydrogen-bond acceptors (Lipinski definition) is 3. The molecule has 1 aromatic rings. The number of rotatable bonds is 4. The first kappa shape index (κ1) is 15.5. The lowest BCUT2D eigenvalue weighted by Crippen LogP contribution is -2.27. The first-order valence-electron chi connectivity index (χ1n) is 5.84. The standard InChI is InChI=1S/C13H17BrN2O3/c1-8(2)11(14)12(17)15-9-5-4-6-10(7-9)16-13(18)19-3/h4-8,11H,1-3H3,(H,15,17)(H,16,18). The van der Waals surface area contributed by atoms with E-state index in [1.807, 2.05) is 13.8 Å². The van der Waals surface area contributed by atoms with Crippen molar-refractivity contribution < 1.29 is 14.3 Å². The summed E-state index contributed by atoms with van der Waals surface area (Å²) >= 11 is 3.33. The van der Waals surface area contributed by atoms with E-state index in [0.29, 0.717) is 11.4 Å². The Bertz CT molecular complexity index is 463. The van der Waals surface area contributed by atoms with Crippen LogP contribution in [-0.2, 0) is 9.53 Å². The Kier molecular flexibility index (Phi) is 5.82. The largest absolute Gasteiger partial charge is 0.453 e. The second-order valence-corrected chi connectivity index (χ2v) is 5.32. The Morgan fingerprint density at radius 3 is 2.32 bits per heavy atom. The number of hydrogen-bond donors (Lipinski definition) is 2. The van der Waals surface area contributed by atoms with Gasteiger partial charge >= 0.3 is 6.09 Å². The van der Waals surface area contributed by atoms with Gasteiger partial charge in [-0.1, -0.05) is 35.8 Å². The molecule has 2 N–H and O–H groups in total. The van der Waals surface area contributed by atoms with Crippen molar-refractivity contribution in [1.29, 1.82) is 0 Å². The van der Waals surface area contributed by atoms with Gasteiger partial charge in [0.1, 0.15) is 0 Å². The molecular weight excluding hydrogens is 312 g/mol. The van der Waals surface area contributed by atoms with E-state index in [2.05, 4.69) is 31.3 Å². The van der Waals surface area contributed by atoms with E-state index in [4.69, 9.17) is 0 Å². The molecule has 0 spiro atoms. The molecule has 0 fully saturated rings. The third-order valence-electron chi connectivity index (χ3n) is 2.40. The van der Waals surface area contributed by atoms with Gasteiger partial charge in [0.05, 0.1) is 11.9 Å². The van der Waals surface area contributed by atoms with Gasteiger partial charge in [0.15, 0.2) is 0 Å². The number of alkyl halides is 1. The number of methoxy groups -OCH3 is 1. The van der Waals surface area contributed by atoms with Crippen molar-refractivity contribution in [3.63, 3.8) is 0 Å². The van der Waals surface area contributed by atoms with E-state index in [-0.39, 0.29) is 16.7 Å². The smallest absolute Gasteiger partial charge is 0.411 e. The highest BCUT2D eigenvalue weighted by molar-refractivity contribution is 9.10. The molecule has 2 amide bonds. The molecule has 0 bridgehead atoms. The van der Waals surface area contributed by atoms with Crippen LogP contribution in [-0.4, -0.2) is 23.9 Å². The van der Waals surface area contributed by atoms with Gasteiger partial charge in [-0.3, -0.25) is 10.1 Å². The zero-order valence-corrected chi connectivity index (χ0v) is 12.7. The maximum absolute atomic E-state index is 11.9. The van der Waals surface area contributed by atoms with E-state index >= 15 is 0 Å². The van der Waals surface area contributed by atoms with Crippen LogP contribution in [0.1, 0.15) is 13.8 Å².